The molecule has 0 radical (unpaired) electrons. The Morgan fingerprint density at radius 2 is 1.81 bits per heavy atom. The SMILES string of the molecule is CCOC(=O)C(F)(F)CCC[B-](F)(F)F.[K+]. The van der Waals surface area contributed by atoms with Crippen LogP contribution in [0.2, 0.25) is 6.32 Å². The van der Waals surface area contributed by atoms with Crippen molar-refractivity contribution in [3.63, 3.8) is 0 Å². The molecule has 0 aromatic rings. The fourth-order valence-corrected chi connectivity index (χ4v) is 0.894. The van der Waals surface area contributed by atoms with E-state index in [4.69, 9.17) is 0 Å². The van der Waals surface area contributed by atoms with Gasteiger partial charge in [-0.05, 0) is 6.92 Å². The first-order chi connectivity index (χ1) is 6.69. The Morgan fingerprint density at radius 3 is 2.19 bits per heavy atom. The zero-order valence-electron chi connectivity index (χ0n) is 9.11. The van der Waals surface area contributed by atoms with Gasteiger partial charge in [0.1, 0.15) is 0 Å². The van der Waals surface area contributed by atoms with Gasteiger partial charge in [-0.1, -0.05) is 12.7 Å². The molecule has 0 heterocycles. The molecule has 16 heavy (non-hydrogen) atoms. The summed E-state index contributed by atoms with van der Waals surface area (Å²) in [6, 6.07) is 0. The molecule has 0 saturated carbocycles. The van der Waals surface area contributed by atoms with Gasteiger partial charge in [-0.2, -0.15) is 8.78 Å². The molecule has 0 aliphatic rings. The van der Waals surface area contributed by atoms with Gasteiger partial charge >= 0.3 is 70.3 Å². The maximum absolute atomic E-state index is 12.7. The van der Waals surface area contributed by atoms with E-state index in [9.17, 15) is 26.5 Å². The average Bonchev–Trinajstić information content (AvgIpc) is 2.01. The number of hydrogen-bond acceptors (Lipinski definition) is 2. The van der Waals surface area contributed by atoms with Crippen LogP contribution < -0.4 is 51.4 Å². The van der Waals surface area contributed by atoms with Crippen molar-refractivity contribution in [3.05, 3.63) is 0 Å². The first kappa shape index (κ1) is 19.2. The first-order valence-corrected chi connectivity index (χ1v) is 4.45. The van der Waals surface area contributed by atoms with Gasteiger partial charge in [-0.25, -0.2) is 4.79 Å². The minimum absolute atomic E-state index is 0. The van der Waals surface area contributed by atoms with Crippen LogP contribution >= 0.6 is 0 Å². The smallest absolute Gasteiger partial charge is 0.462 e. The van der Waals surface area contributed by atoms with Crippen LogP contribution in [-0.2, 0) is 9.53 Å². The molecule has 0 aliphatic carbocycles. The Kier molecular flexibility index (Phi) is 9.60. The Bertz CT molecular complexity index is 221. The van der Waals surface area contributed by atoms with Crippen molar-refractivity contribution in [2.75, 3.05) is 6.61 Å². The molecule has 0 rings (SSSR count). The normalized spacial score (nSPS) is 11.9. The molecule has 0 spiro atoms. The summed E-state index contributed by atoms with van der Waals surface area (Å²) >= 11 is 0. The molecule has 0 bridgehead atoms. The Balaban J connectivity index is 0. The molecule has 0 amide bonds. The van der Waals surface area contributed by atoms with Gasteiger partial charge in [0.15, 0.2) is 0 Å². The predicted molar refractivity (Wildman–Crippen MR) is 44.7 cm³/mol. The van der Waals surface area contributed by atoms with Crippen LogP contribution in [0.25, 0.3) is 0 Å². The van der Waals surface area contributed by atoms with E-state index in [1.54, 1.807) is 0 Å². The summed E-state index contributed by atoms with van der Waals surface area (Å²) in [6.45, 7) is -3.96. The van der Waals surface area contributed by atoms with Crippen molar-refractivity contribution >= 4 is 12.9 Å². The van der Waals surface area contributed by atoms with Crippen LogP contribution in [-0.4, -0.2) is 25.5 Å². The van der Waals surface area contributed by atoms with E-state index in [2.05, 4.69) is 4.74 Å². The number of halogens is 5. The summed E-state index contributed by atoms with van der Waals surface area (Å²) in [7, 11) is 0. The van der Waals surface area contributed by atoms with E-state index >= 15 is 0 Å². The summed E-state index contributed by atoms with van der Waals surface area (Å²) < 4.78 is 64.6. The summed E-state index contributed by atoms with van der Waals surface area (Å²) in [5.41, 5.74) is 0. The van der Waals surface area contributed by atoms with E-state index in [1.165, 1.54) is 6.92 Å². The number of esters is 1. The zero-order chi connectivity index (χ0) is 12.1. The van der Waals surface area contributed by atoms with Crippen LogP contribution in [0.4, 0.5) is 21.7 Å². The van der Waals surface area contributed by atoms with Gasteiger partial charge in [0.2, 0.25) is 0 Å². The molecular formula is C7H11BF5KO2. The van der Waals surface area contributed by atoms with Crippen molar-refractivity contribution in [1.29, 1.82) is 0 Å². The van der Waals surface area contributed by atoms with Gasteiger partial charge in [-0.3, -0.25) is 0 Å². The topological polar surface area (TPSA) is 26.3 Å². The summed E-state index contributed by atoms with van der Waals surface area (Å²) in [5, 5.41) is 0. The van der Waals surface area contributed by atoms with Crippen molar-refractivity contribution in [2.45, 2.75) is 32.0 Å². The zero-order valence-corrected chi connectivity index (χ0v) is 12.2. The fraction of sp³-hybridized carbons (Fsp3) is 0.857. The van der Waals surface area contributed by atoms with Crippen molar-refractivity contribution in [3.8, 4) is 0 Å². The van der Waals surface area contributed by atoms with Crippen LogP contribution in [0.5, 0.6) is 0 Å². The van der Waals surface area contributed by atoms with Crippen LogP contribution in [0.15, 0.2) is 0 Å². The first-order valence-electron chi connectivity index (χ1n) is 4.45. The van der Waals surface area contributed by atoms with Gasteiger partial charge in [-0.15, -0.1) is 0 Å². The van der Waals surface area contributed by atoms with Gasteiger partial charge in [0.25, 0.3) is 0 Å². The average molecular weight is 272 g/mol. The quantitative estimate of drug-likeness (QED) is 0.381. The number of rotatable bonds is 6. The predicted octanol–water partition coefficient (Wildman–Crippen LogP) is -0.184. The fourth-order valence-electron chi connectivity index (χ4n) is 0.894. The monoisotopic (exact) mass is 272 g/mol. The second kappa shape index (κ2) is 8.02. The van der Waals surface area contributed by atoms with Crippen LogP contribution in [0.1, 0.15) is 19.8 Å². The third-order valence-electron chi connectivity index (χ3n) is 1.60. The molecule has 2 nitrogen and oxygen atoms in total. The molecule has 0 saturated heterocycles. The van der Waals surface area contributed by atoms with E-state index < -0.39 is 38.0 Å². The van der Waals surface area contributed by atoms with Gasteiger partial charge < -0.3 is 17.7 Å². The minimum atomic E-state index is -5.07. The molecule has 0 unspecified atom stereocenters. The maximum atomic E-state index is 12.7. The van der Waals surface area contributed by atoms with Gasteiger partial charge in [0, 0.05) is 6.42 Å². The standard InChI is InChI=1S/C7H11BF5O2.K/c1-2-15-6(14)7(9,10)4-3-5-8(11,12)13;/h2-5H2,1H3;/q-1;+1. The summed E-state index contributed by atoms with van der Waals surface area (Å²) in [5.74, 6) is -5.59. The molecular weight excluding hydrogens is 261 g/mol. The molecule has 0 fully saturated rings. The maximum Gasteiger partial charge on any atom is 1.00 e. The van der Waals surface area contributed by atoms with Crippen LogP contribution in [0.3, 0.4) is 0 Å². The van der Waals surface area contributed by atoms with Gasteiger partial charge in [0.05, 0.1) is 6.61 Å². The van der Waals surface area contributed by atoms with Crippen LogP contribution in [0, 0.1) is 0 Å². The number of hydrogen-bond donors (Lipinski definition) is 0. The summed E-state index contributed by atoms with van der Waals surface area (Å²) in [6.07, 6.45) is -3.17. The Hall–Kier alpha value is 0.821. The minimum Gasteiger partial charge on any atom is -0.462 e. The number of carbonyl (C=O) groups excluding carboxylic acids is 1. The van der Waals surface area contributed by atoms with E-state index in [0.29, 0.717) is 0 Å². The number of ether oxygens (including phenoxy) is 1. The number of alkyl halides is 2. The second-order valence-corrected chi connectivity index (χ2v) is 3.03. The van der Waals surface area contributed by atoms with E-state index in [0.717, 1.165) is 0 Å². The third kappa shape index (κ3) is 8.91. The largest absolute Gasteiger partial charge is 1.00 e. The Labute approximate surface area is 133 Å². The second-order valence-electron chi connectivity index (χ2n) is 3.03. The third-order valence-corrected chi connectivity index (χ3v) is 1.60. The van der Waals surface area contributed by atoms with E-state index in [-0.39, 0.29) is 58.0 Å². The van der Waals surface area contributed by atoms with Crippen molar-refractivity contribution < 1.29 is 82.6 Å². The summed E-state index contributed by atoms with van der Waals surface area (Å²) in [4.78, 5) is 10.6. The van der Waals surface area contributed by atoms with Crippen molar-refractivity contribution in [2.24, 2.45) is 0 Å². The molecule has 0 atom stereocenters. The molecule has 0 aliphatic heterocycles. The molecule has 0 aromatic carbocycles. The molecule has 0 N–H and O–H groups in total. The van der Waals surface area contributed by atoms with Crippen molar-refractivity contribution in [1.82, 2.24) is 0 Å². The molecule has 9 heteroatoms. The number of carbonyl (C=O) groups is 1. The Morgan fingerprint density at radius 1 is 1.31 bits per heavy atom. The molecule has 90 valence electrons. The molecule has 0 aromatic heterocycles. The van der Waals surface area contributed by atoms with E-state index in [1.807, 2.05) is 0 Å².